The second-order valence-electron chi connectivity index (χ2n) is 7.08. The van der Waals surface area contributed by atoms with Crippen LogP contribution in [0.15, 0.2) is 23.1 Å². The lowest BCUT2D eigenvalue weighted by atomic mass is 9.99. The van der Waals surface area contributed by atoms with Gasteiger partial charge in [-0.3, -0.25) is 0 Å². The number of piperidine rings is 1. The molecule has 3 rings (SSSR count). The minimum absolute atomic E-state index is 0.206. The molecule has 0 bridgehead atoms. The molecule has 0 atom stereocenters. The van der Waals surface area contributed by atoms with Gasteiger partial charge in [-0.15, -0.1) is 11.6 Å². The first-order chi connectivity index (χ1) is 12.2. The van der Waals surface area contributed by atoms with Crippen molar-refractivity contribution in [3.05, 3.63) is 23.8 Å². The second-order valence-corrected chi connectivity index (χ2v) is 11.5. The fraction of sp³-hybridized carbons (Fsp3) is 0.647. The molecule has 0 unspecified atom stereocenters. The number of halogens is 1. The molecule has 1 aliphatic heterocycles. The maximum absolute atomic E-state index is 12.7. The SMILES string of the molecule is CS(=O)(=O)N1CCC(COc2ccc(CCl)cc2S(=O)(=O)C2CC2)CC1. The van der Waals surface area contributed by atoms with Crippen LogP contribution in [-0.4, -0.2) is 52.3 Å². The summed E-state index contributed by atoms with van der Waals surface area (Å²) in [5.74, 6) is 0.825. The molecule has 6 nitrogen and oxygen atoms in total. The van der Waals surface area contributed by atoms with Crippen molar-refractivity contribution in [2.45, 2.75) is 41.7 Å². The van der Waals surface area contributed by atoms with E-state index in [0.29, 0.717) is 51.1 Å². The largest absolute Gasteiger partial charge is 0.492 e. The molecule has 1 aromatic carbocycles. The molecule has 0 aromatic heterocycles. The molecule has 2 aliphatic rings. The average Bonchev–Trinajstić information content (AvgIpc) is 3.45. The summed E-state index contributed by atoms with van der Waals surface area (Å²) >= 11 is 5.86. The molecule has 1 aromatic rings. The van der Waals surface area contributed by atoms with E-state index in [1.54, 1.807) is 18.2 Å². The van der Waals surface area contributed by atoms with Gasteiger partial charge in [0.15, 0.2) is 9.84 Å². The lowest BCUT2D eigenvalue weighted by Crippen LogP contribution is -2.39. The molecule has 2 fully saturated rings. The van der Waals surface area contributed by atoms with Gasteiger partial charge in [-0.1, -0.05) is 6.07 Å². The first-order valence-corrected chi connectivity index (χ1v) is 12.7. The topological polar surface area (TPSA) is 80.8 Å². The minimum atomic E-state index is -3.38. The van der Waals surface area contributed by atoms with Gasteiger partial charge in [0.2, 0.25) is 10.0 Å². The quantitative estimate of drug-likeness (QED) is 0.631. The van der Waals surface area contributed by atoms with Gasteiger partial charge in [-0.2, -0.15) is 0 Å². The highest BCUT2D eigenvalue weighted by atomic mass is 35.5. The predicted molar refractivity (Wildman–Crippen MR) is 101 cm³/mol. The number of ether oxygens (including phenoxy) is 1. The maximum atomic E-state index is 12.7. The first kappa shape index (κ1) is 19.9. The van der Waals surface area contributed by atoms with Gasteiger partial charge >= 0.3 is 0 Å². The van der Waals surface area contributed by atoms with E-state index in [0.717, 1.165) is 5.56 Å². The molecular weight excluding hydrogens is 398 g/mol. The molecule has 0 N–H and O–H groups in total. The van der Waals surface area contributed by atoms with Crippen molar-refractivity contribution in [2.24, 2.45) is 5.92 Å². The van der Waals surface area contributed by atoms with Gasteiger partial charge in [0.25, 0.3) is 0 Å². The van der Waals surface area contributed by atoms with Crippen LogP contribution in [0.4, 0.5) is 0 Å². The van der Waals surface area contributed by atoms with Gasteiger partial charge in [-0.25, -0.2) is 21.1 Å². The number of benzene rings is 1. The Labute approximate surface area is 160 Å². The zero-order chi connectivity index (χ0) is 18.9. The smallest absolute Gasteiger partial charge is 0.211 e. The van der Waals surface area contributed by atoms with Crippen molar-refractivity contribution >= 4 is 31.5 Å². The third kappa shape index (κ3) is 4.52. The van der Waals surface area contributed by atoms with E-state index >= 15 is 0 Å². The normalized spacial score (nSPS) is 20.2. The molecule has 1 heterocycles. The number of nitrogens with zero attached hydrogens (tertiary/aromatic N) is 1. The van der Waals surface area contributed by atoms with E-state index in [2.05, 4.69) is 0 Å². The Morgan fingerprint density at radius 3 is 2.31 bits per heavy atom. The third-order valence-electron chi connectivity index (χ3n) is 4.95. The molecule has 1 saturated heterocycles. The van der Waals surface area contributed by atoms with Crippen LogP contribution in [0.1, 0.15) is 31.2 Å². The summed E-state index contributed by atoms with van der Waals surface area (Å²) in [5.41, 5.74) is 0.750. The first-order valence-electron chi connectivity index (χ1n) is 8.72. The second kappa shape index (κ2) is 7.66. The van der Waals surface area contributed by atoms with E-state index in [1.165, 1.54) is 10.6 Å². The zero-order valence-electron chi connectivity index (χ0n) is 14.7. The van der Waals surface area contributed by atoms with Gasteiger partial charge in [0.1, 0.15) is 10.6 Å². The third-order valence-corrected chi connectivity index (χ3v) is 8.84. The standard InChI is InChI=1S/C17H24ClNO5S2/c1-25(20,21)19-8-6-13(7-9-19)12-24-16-5-2-14(11-18)10-17(16)26(22,23)15-3-4-15/h2,5,10,13,15H,3-4,6-9,11-12H2,1H3. The van der Waals surface area contributed by atoms with E-state index in [4.69, 9.17) is 16.3 Å². The number of sulfonamides is 1. The summed E-state index contributed by atoms with van der Waals surface area (Å²) < 4.78 is 55.9. The van der Waals surface area contributed by atoms with Gasteiger partial charge in [-0.05, 0) is 49.3 Å². The fourth-order valence-electron chi connectivity index (χ4n) is 3.15. The molecule has 26 heavy (non-hydrogen) atoms. The van der Waals surface area contributed by atoms with Crippen molar-refractivity contribution in [2.75, 3.05) is 26.0 Å². The fourth-order valence-corrected chi connectivity index (χ4v) is 6.03. The highest BCUT2D eigenvalue weighted by Crippen LogP contribution is 2.38. The van der Waals surface area contributed by atoms with Crippen LogP contribution in [0.25, 0.3) is 0 Å². The molecule has 1 aliphatic carbocycles. The van der Waals surface area contributed by atoms with Gasteiger partial charge < -0.3 is 4.74 Å². The van der Waals surface area contributed by atoms with Crippen LogP contribution in [0.5, 0.6) is 5.75 Å². The summed E-state index contributed by atoms with van der Waals surface area (Å²) in [6, 6.07) is 5.07. The number of rotatable bonds is 7. The van der Waals surface area contributed by atoms with Crippen LogP contribution in [0.3, 0.4) is 0 Å². The number of sulfone groups is 1. The Kier molecular flexibility index (Phi) is 5.86. The summed E-state index contributed by atoms with van der Waals surface area (Å²) in [6.07, 6.45) is 4.01. The molecule has 0 radical (unpaired) electrons. The van der Waals surface area contributed by atoms with Crippen molar-refractivity contribution < 1.29 is 21.6 Å². The van der Waals surface area contributed by atoms with Crippen molar-refractivity contribution in [1.29, 1.82) is 0 Å². The monoisotopic (exact) mass is 421 g/mol. The Morgan fingerprint density at radius 2 is 1.77 bits per heavy atom. The molecule has 0 spiro atoms. The van der Waals surface area contributed by atoms with Crippen LogP contribution in [0.2, 0.25) is 0 Å². The Balaban J connectivity index is 1.69. The predicted octanol–water partition coefficient (Wildman–Crippen LogP) is 2.41. The van der Waals surface area contributed by atoms with Crippen LogP contribution in [-0.2, 0) is 25.7 Å². The van der Waals surface area contributed by atoms with Gasteiger partial charge in [0.05, 0.1) is 18.1 Å². The summed E-state index contributed by atoms with van der Waals surface area (Å²) in [4.78, 5) is 0.228. The van der Waals surface area contributed by atoms with E-state index < -0.39 is 19.9 Å². The summed E-state index contributed by atoms with van der Waals surface area (Å²) in [5, 5.41) is -0.312. The van der Waals surface area contributed by atoms with Gasteiger partial charge in [0, 0.05) is 19.0 Å². The lowest BCUT2D eigenvalue weighted by Gasteiger charge is -2.30. The Morgan fingerprint density at radius 1 is 1.12 bits per heavy atom. The maximum Gasteiger partial charge on any atom is 0.211 e. The number of hydrogen-bond donors (Lipinski definition) is 0. The minimum Gasteiger partial charge on any atom is -0.492 e. The average molecular weight is 422 g/mol. The van der Waals surface area contributed by atoms with Crippen molar-refractivity contribution in [3.63, 3.8) is 0 Å². The summed E-state index contributed by atoms with van der Waals surface area (Å²) in [7, 11) is -6.53. The van der Waals surface area contributed by atoms with Crippen molar-refractivity contribution in [1.82, 2.24) is 4.31 Å². The Bertz CT molecular complexity index is 857. The lowest BCUT2D eigenvalue weighted by molar-refractivity contribution is 0.183. The van der Waals surface area contributed by atoms with E-state index in [1.807, 2.05) is 0 Å². The molecule has 146 valence electrons. The highest BCUT2D eigenvalue weighted by Gasteiger charge is 2.39. The molecular formula is C17H24ClNO5S2. The summed E-state index contributed by atoms with van der Waals surface area (Å²) in [6.45, 7) is 1.33. The molecule has 0 amide bonds. The van der Waals surface area contributed by atoms with E-state index in [9.17, 15) is 16.8 Å². The number of alkyl halides is 1. The molecule has 1 saturated carbocycles. The van der Waals surface area contributed by atoms with Crippen molar-refractivity contribution in [3.8, 4) is 5.75 Å². The zero-order valence-corrected chi connectivity index (χ0v) is 17.1. The van der Waals surface area contributed by atoms with E-state index in [-0.39, 0.29) is 21.9 Å². The van der Waals surface area contributed by atoms with Crippen LogP contribution >= 0.6 is 11.6 Å². The highest BCUT2D eigenvalue weighted by molar-refractivity contribution is 7.92. The van der Waals surface area contributed by atoms with Crippen LogP contribution < -0.4 is 4.74 Å². The Hall–Kier alpha value is -0.830. The number of hydrogen-bond acceptors (Lipinski definition) is 5. The molecule has 9 heteroatoms. The van der Waals surface area contributed by atoms with Crippen LogP contribution in [0, 0.1) is 5.92 Å².